The molecule has 4 rings (SSSR count). The molecular formula is C22H24NOSi+. The van der Waals surface area contributed by atoms with Crippen LogP contribution in [0.4, 0.5) is 0 Å². The third-order valence-corrected chi connectivity index (χ3v) is 8.83. The fraction of sp³-hybridized carbons (Fsp3) is 0.227. The van der Waals surface area contributed by atoms with Crippen molar-refractivity contribution in [1.82, 2.24) is 0 Å². The third kappa shape index (κ3) is 2.50. The predicted molar refractivity (Wildman–Crippen MR) is 106 cm³/mol. The first-order valence-corrected chi connectivity index (χ1v) is 11.8. The number of benzene rings is 2. The van der Waals surface area contributed by atoms with Crippen molar-refractivity contribution in [1.29, 1.82) is 0 Å². The molecule has 0 bridgehead atoms. The molecule has 25 heavy (non-hydrogen) atoms. The molecule has 0 amide bonds. The molecule has 0 saturated heterocycles. The van der Waals surface area contributed by atoms with Gasteiger partial charge in [-0.05, 0) is 54.0 Å². The molecule has 1 aliphatic rings. The van der Waals surface area contributed by atoms with Crippen molar-refractivity contribution in [2.75, 3.05) is 0 Å². The number of hydrogen-bond acceptors (Lipinski definition) is 1. The summed E-state index contributed by atoms with van der Waals surface area (Å²) in [6.45, 7) is 9.14. The average molecular weight is 347 g/mol. The SMILES string of the molecule is Cc1ccc(-c2cc3c(cc2C)Oc2ccccc2[Si]3(C)C)[n+](C)c1. The number of para-hydroxylation sites is 1. The molecule has 2 nitrogen and oxygen atoms in total. The molecule has 2 aromatic carbocycles. The second-order valence-corrected chi connectivity index (χ2v) is 11.9. The van der Waals surface area contributed by atoms with E-state index < -0.39 is 8.07 Å². The molecule has 0 atom stereocenters. The van der Waals surface area contributed by atoms with E-state index in [-0.39, 0.29) is 0 Å². The van der Waals surface area contributed by atoms with Crippen molar-refractivity contribution in [3.8, 4) is 22.8 Å². The maximum atomic E-state index is 6.26. The second kappa shape index (κ2) is 5.56. The Balaban J connectivity index is 1.93. The van der Waals surface area contributed by atoms with Crippen molar-refractivity contribution < 1.29 is 9.30 Å². The Morgan fingerprint density at radius 3 is 2.40 bits per heavy atom. The highest BCUT2D eigenvalue weighted by Gasteiger charge is 2.37. The summed E-state index contributed by atoms with van der Waals surface area (Å²) in [5.74, 6) is 2.06. The topological polar surface area (TPSA) is 13.1 Å². The Bertz CT molecular complexity index is 991. The van der Waals surface area contributed by atoms with Crippen LogP contribution >= 0.6 is 0 Å². The molecule has 0 aliphatic carbocycles. The second-order valence-electron chi connectivity index (χ2n) is 7.59. The molecule has 0 radical (unpaired) electrons. The van der Waals surface area contributed by atoms with E-state index in [9.17, 15) is 0 Å². The Hall–Kier alpha value is -2.39. The van der Waals surface area contributed by atoms with Crippen molar-refractivity contribution in [3.63, 3.8) is 0 Å². The lowest BCUT2D eigenvalue weighted by atomic mass is 10.0. The summed E-state index contributed by atoms with van der Waals surface area (Å²) in [6, 6.07) is 17.5. The zero-order valence-corrected chi connectivity index (χ0v) is 16.6. The Labute approximate surface area is 150 Å². The first kappa shape index (κ1) is 16.1. The first-order valence-electron chi connectivity index (χ1n) is 8.77. The fourth-order valence-corrected chi connectivity index (χ4v) is 6.69. The molecule has 3 aromatic rings. The summed E-state index contributed by atoms with van der Waals surface area (Å²) in [5.41, 5.74) is 5.07. The number of fused-ring (bicyclic) bond motifs is 2. The molecular weight excluding hydrogens is 322 g/mol. The monoisotopic (exact) mass is 346 g/mol. The Morgan fingerprint density at radius 1 is 0.880 bits per heavy atom. The van der Waals surface area contributed by atoms with Gasteiger partial charge in [0.05, 0.1) is 0 Å². The lowest BCUT2D eigenvalue weighted by Gasteiger charge is -2.33. The lowest BCUT2D eigenvalue weighted by molar-refractivity contribution is -0.660. The van der Waals surface area contributed by atoms with Gasteiger partial charge in [0.1, 0.15) is 26.6 Å². The summed E-state index contributed by atoms with van der Waals surface area (Å²) in [4.78, 5) is 0. The van der Waals surface area contributed by atoms with Crippen LogP contribution in [0.1, 0.15) is 11.1 Å². The summed E-state index contributed by atoms with van der Waals surface area (Å²) in [6.07, 6.45) is 2.18. The quantitative estimate of drug-likeness (QED) is 0.483. The van der Waals surface area contributed by atoms with Crippen molar-refractivity contribution in [3.05, 3.63) is 65.9 Å². The molecule has 0 fully saturated rings. The minimum atomic E-state index is -1.78. The Morgan fingerprint density at radius 2 is 1.64 bits per heavy atom. The van der Waals surface area contributed by atoms with E-state index >= 15 is 0 Å². The molecule has 0 spiro atoms. The highest BCUT2D eigenvalue weighted by atomic mass is 28.3. The molecule has 0 unspecified atom stereocenters. The van der Waals surface area contributed by atoms with E-state index in [0.717, 1.165) is 11.5 Å². The van der Waals surface area contributed by atoms with Gasteiger partial charge in [-0.1, -0.05) is 31.3 Å². The lowest BCUT2D eigenvalue weighted by Crippen LogP contribution is -2.56. The predicted octanol–water partition coefficient (Wildman–Crippen LogP) is 3.72. The van der Waals surface area contributed by atoms with Crippen LogP contribution in [0.25, 0.3) is 11.3 Å². The summed E-state index contributed by atoms with van der Waals surface area (Å²) >= 11 is 0. The molecule has 1 aliphatic heterocycles. The van der Waals surface area contributed by atoms with Crippen molar-refractivity contribution >= 4 is 18.4 Å². The Kier molecular flexibility index (Phi) is 3.58. The number of nitrogens with zero attached hydrogens (tertiary/aromatic N) is 1. The average Bonchev–Trinajstić information content (AvgIpc) is 2.55. The van der Waals surface area contributed by atoms with Crippen LogP contribution in [0.2, 0.25) is 13.1 Å². The van der Waals surface area contributed by atoms with Gasteiger partial charge in [-0.3, -0.25) is 0 Å². The zero-order valence-electron chi connectivity index (χ0n) is 15.6. The normalized spacial score (nSPS) is 14.4. The van der Waals surface area contributed by atoms with E-state index in [2.05, 4.69) is 93.3 Å². The van der Waals surface area contributed by atoms with Gasteiger partial charge in [0.15, 0.2) is 6.20 Å². The van der Waals surface area contributed by atoms with Crippen LogP contribution in [0.3, 0.4) is 0 Å². The van der Waals surface area contributed by atoms with E-state index in [1.807, 2.05) is 0 Å². The highest BCUT2D eigenvalue weighted by molar-refractivity contribution is 7.01. The molecule has 1 aromatic heterocycles. The van der Waals surface area contributed by atoms with Gasteiger partial charge in [0, 0.05) is 17.2 Å². The van der Waals surface area contributed by atoms with Crippen molar-refractivity contribution in [2.24, 2.45) is 7.05 Å². The molecule has 126 valence electrons. The molecule has 3 heteroatoms. The van der Waals surface area contributed by atoms with Crippen LogP contribution < -0.4 is 19.7 Å². The molecule has 0 saturated carbocycles. The first-order chi connectivity index (χ1) is 11.9. The van der Waals surface area contributed by atoms with Crippen LogP contribution in [-0.2, 0) is 7.05 Å². The van der Waals surface area contributed by atoms with Gasteiger partial charge in [-0.2, -0.15) is 0 Å². The largest absolute Gasteiger partial charge is 0.458 e. The summed E-state index contributed by atoms with van der Waals surface area (Å²) < 4.78 is 8.48. The number of aryl methyl sites for hydroxylation is 3. The highest BCUT2D eigenvalue weighted by Crippen LogP contribution is 2.32. The van der Waals surface area contributed by atoms with Gasteiger partial charge >= 0.3 is 0 Å². The molecule has 0 N–H and O–H groups in total. The van der Waals surface area contributed by atoms with Crippen LogP contribution in [0, 0.1) is 13.8 Å². The van der Waals surface area contributed by atoms with Crippen LogP contribution in [0.15, 0.2) is 54.7 Å². The maximum Gasteiger partial charge on any atom is 0.212 e. The van der Waals surface area contributed by atoms with Gasteiger partial charge in [0.25, 0.3) is 0 Å². The van der Waals surface area contributed by atoms with E-state index in [0.29, 0.717) is 0 Å². The smallest absolute Gasteiger partial charge is 0.212 e. The van der Waals surface area contributed by atoms with E-state index in [1.54, 1.807) is 0 Å². The minimum Gasteiger partial charge on any atom is -0.458 e. The third-order valence-electron chi connectivity index (χ3n) is 5.34. The summed E-state index contributed by atoms with van der Waals surface area (Å²) in [5, 5.41) is 2.76. The number of aromatic nitrogens is 1. The number of ether oxygens (including phenoxy) is 1. The van der Waals surface area contributed by atoms with Crippen LogP contribution in [-0.4, -0.2) is 8.07 Å². The number of rotatable bonds is 1. The number of hydrogen-bond donors (Lipinski definition) is 0. The van der Waals surface area contributed by atoms with Crippen LogP contribution in [0.5, 0.6) is 11.5 Å². The fourth-order valence-electron chi connectivity index (χ4n) is 3.89. The zero-order chi connectivity index (χ0) is 17.8. The van der Waals surface area contributed by atoms with E-state index in [4.69, 9.17) is 4.74 Å². The maximum absolute atomic E-state index is 6.26. The standard InChI is InChI=1S/C22H24NOSi/c1-15-10-11-18(23(3)14-15)17-13-22-20(12-16(17)2)24-19-8-6-7-9-21(19)25(22,4)5/h6-14H,1-5H3/q+1. The minimum absolute atomic E-state index is 1.03. The van der Waals surface area contributed by atoms with E-state index in [1.165, 1.54) is 32.8 Å². The summed E-state index contributed by atoms with van der Waals surface area (Å²) in [7, 11) is 0.339. The van der Waals surface area contributed by atoms with Gasteiger partial charge in [-0.15, -0.1) is 0 Å². The number of pyridine rings is 1. The van der Waals surface area contributed by atoms with Crippen molar-refractivity contribution in [2.45, 2.75) is 26.9 Å². The van der Waals surface area contributed by atoms with Gasteiger partial charge < -0.3 is 4.74 Å². The van der Waals surface area contributed by atoms with Gasteiger partial charge in [-0.25, -0.2) is 4.57 Å². The molecule has 2 heterocycles. The van der Waals surface area contributed by atoms with Gasteiger partial charge in [0.2, 0.25) is 5.69 Å².